The number of fused-ring (bicyclic) bond motifs is 1. The second kappa shape index (κ2) is 9.56. The van der Waals surface area contributed by atoms with E-state index in [1.54, 1.807) is 6.92 Å². The topological polar surface area (TPSA) is 81.1 Å². The van der Waals surface area contributed by atoms with Crippen molar-refractivity contribution in [3.8, 4) is 0 Å². The van der Waals surface area contributed by atoms with Crippen molar-refractivity contribution in [1.29, 1.82) is 0 Å². The van der Waals surface area contributed by atoms with Crippen LogP contribution in [-0.2, 0) is 17.8 Å². The third kappa shape index (κ3) is 4.87. The summed E-state index contributed by atoms with van der Waals surface area (Å²) >= 11 is 0. The predicted octanol–water partition coefficient (Wildman–Crippen LogP) is 3.43. The summed E-state index contributed by atoms with van der Waals surface area (Å²) in [6.07, 6.45) is 4.93. The summed E-state index contributed by atoms with van der Waals surface area (Å²) in [6.45, 7) is 1.81. The van der Waals surface area contributed by atoms with Gasteiger partial charge in [0.05, 0.1) is 11.1 Å². The van der Waals surface area contributed by atoms with Crippen LogP contribution in [0.4, 0.5) is 4.39 Å². The highest BCUT2D eigenvalue weighted by molar-refractivity contribution is 6.10. The fourth-order valence-electron chi connectivity index (χ4n) is 3.67. The molecule has 4 rings (SSSR count). The molecule has 1 amide bonds. The maximum absolute atomic E-state index is 14.3. The van der Waals surface area contributed by atoms with E-state index < -0.39 is 17.0 Å². The number of nitrogens with zero attached hydrogens (tertiary/aromatic N) is 2. The highest BCUT2D eigenvalue weighted by Crippen LogP contribution is 2.19. The number of halogens is 1. The van der Waals surface area contributed by atoms with E-state index in [9.17, 15) is 18.8 Å². The molecule has 0 radical (unpaired) electrons. The van der Waals surface area contributed by atoms with Gasteiger partial charge in [-0.05, 0) is 48.7 Å². The van der Waals surface area contributed by atoms with Crippen LogP contribution in [0.5, 0.6) is 0 Å². The van der Waals surface area contributed by atoms with Gasteiger partial charge in [-0.3, -0.25) is 19.4 Å². The van der Waals surface area contributed by atoms with Gasteiger partial charge >= 0.3 is 0 Å². The summed E-state index contributed by atoms with van der Waals surface area (Å²) in [7, 11) is 0. The van der Waals surface area contributed by atoms with E-state index >= 15 is 0 Å². The minimum absolute atomic E-state index is 0.0863. The third-order valence-electron chi connectivity index (χ3n) is 5.44. The summed E-state index contributed by atoms with van der Waals surface area (Å²) in [6, 6.07) is 15.4. The van der Waals surface area contributed by atoms with Crippen molar-refractivity contribution in [3.63, 3.8) is 0 Å². The van der Waals surface area contributed by atoms with Crippen LogP contribution in [0.3, 0.4) is 0 Å². The van der Waals surface area contributed by atoms with Crippen molar-refractivity contribution < 1.29 is 14.0 Å². The molecule has 0 spiro atoms. The first-order valence-corrected chi connectivity index (χ1v) is 10.5. The van der Waals surface area contributed by atoms with Crippen molar-refractivity contribution in [2.75, 3.05) is 6.54 Å². The maximum Gasteiger partial charge on any atom is 0.239 e. The van der Waals surface area contributed by atoms with Crippen LogP contribution in [0.2, 0.25) is 0 Å². The lowest BCUT2D eigenvalue weighted by Gasteiger charge is -2.14. The quantitative estimate of drug-likeness (QED) is 0.444. The minimum atomic E-state index is -0.504. The van der Waals surface area contributed by atoms with E-state index in [4.69, 9.17) is 0 Å². The van der Waals surface area contributed by atoms with E-state index in [0.29, 0.717) is 18.5 Å². The normalized spacial score (nSPS) is 10.8. The molecule has 0 atom stereocenters. The first-order valence-electron chi connectivity index (χ1n) is 10.5. The van der Waals surface area contributed by atoms with Gasteiger partial charge in [-0.15, -0.1) is 0 Å². The summed E-state index contributed by atoms with van der Waals surface area (Å²) in [5, 5.41) is 3.03. The molecule has 2 aromatic carbocycles. The number of carbonyl (C=O) groups excluding carboxylic acids is 2. The smallest absolute Gasteiger partial charge is 0.239 e. The molecular formula is C26H22FN3O3. The number of ketones is 1. The third-order valence-corrected chi connectivity index (χ3v) is 5.44. The molecule has 0 saturated heterocycles. The Hall–Kier alpha value is -4.13. The summed E-state index contributed by atoms with van der Waals surface area (Å²) in [4.78, 5) is 42.6. The number of amides is 1. The van der Waals surface area contributed by atoms with Gasteiger partial charge in [0.1, 0.15) is 12.4 Å². The lowest BCUT2D eigenvalue weighted by molar-refractivity contribution is -0.121. The minimum Gasteiger partial charge on any atom is -0.354 e. The van der Waals surface area contributed by atoms with Crippen molar-refractivity contribution in [3.05, 3.63) is 111 Å². The SMILES string of the molecule is Cc1cc2c(=O)c(C(=O)c3ccncc3)cn(CC(=O)NCCc3ccccc3)c2cc1F. The lowest BCUT2D eigenvalue weighted by atomic mass is 10.0. The van der Waals surface area contributed by atoms with Crippen LogP contribution in [0, 0.1) is 12.7 Å². The summed E-state index contributed by atoms with van der Waals surface area (Å²) in [5.41, 5.74) is 1.35. The maximum atomic E-state index is 14.3. The Balaban J connectivity index is 1.66. The molecule has 0 saturated carbocycles. The average molecular weight is 443 g/mol. The number of rotatable bonds is 7. The van der Waals surface area contributed by atoms with E-state index in [1.165, 1.54) is 47.4 Å². The molecule has 0 aliphatic rings. The fraction of sp³-hybridized carbons (Fsp3) is 0.154. The van der Waals surface area contributed by atoms with Crippen molar-refractivity contribution in [2.45, 2.75) is 19.9 Å². The Bertz CT molecular complexity index is 1380. The van der Waals surface area contributed by atoms with Gasteiger partial charge in [0.2, 0.25) is 11.3 Å². The second-order valence-electron chi connectivity index (χ2n) is 7.77. The number of hydrogen-bond donors (Lipinski definition) is 1. The Morgan fingerprint density at radius 3 is 2.52 bits per heavy atom. The van der Waals surface area contributed by atoms with E-state index in [1.807, 2.05) is 30.3 Å². The van der Waals surface area contributed by atoms with Gasteiger partial charge < -0.3 is 9.88 Å². The zero-order valence-electron chi connectivity index (χ0n) is 18.0. The molecule has 0 aliphatic carbocycles. The molecule has 1 N–H and O–H groups in total. The highest BCUT2D eigenvalue weighted by Gasteiger charge is 2.19. The summed E-state index contributed by atoms with van der Waals surface area (Å²) in [5.74, 6) is -1.28. The number of carbonyl (C=O) groups is 2. The Kier molecular flexibility index (Phi) is 6.40. The zero-order chi connectivity index (χ0) is 23.4. The number of aryl methyl sites for hydroxylation is 1. The number of aromatic nitrogens is 2. The van der Waals surface area contributed by atoms with Gasteiger partial charge in [0.25, 0.3) is 0 Å². The van der Waals surface area contributed by atoms with Gasteiger partial charge in [-0.1, -0.05) is 30.3 Å². The van der Waals surface area contributed by atoms with E-state index in [-0.39, 0.29) is 34.5 Å². The largest absolute Gasteiger partial charge is 0.354 e. The Morgan fingerprint density at radius 2 is 1.79 bits per heavy atom. The zero-order valence-corrected chi connectivity index (χ0v) is 18.0. The number of benzene rings is 2. The molecule has 4 aromatic rings. The van der Waals surface area contributed by atoms with E-state index in [2.05, 4.69) is 10.3 Å². The number of hydrogen-bond acceptors (Lipinski definition) is 4. The lowest BCUT2D eigenvalue weighted by Crippen LogP contribution is -2.30. The van der Waals surface area contributed by atoms with Crippen molar-refractivity contribution >= 4 is 22.6 Å². The fourth-order valence-corrected chi connectivity index (χ4v) is 3.67. The van der Waals surface area contributed by atoms with Crippen LogP contribution in [0.15, 0.2) is 78.0 Å². The van der Waals surface area contributed by atoms with Crippen LogP contribution in [-0.4, -0.2) is 27.8 Å². The molecule has 2 aromatic heterocycles. The van der Waals surface area contributed by atoms with Crippen molar-refractivity contribution in [1.82, 2.24) is 14.9 Å². The highest BCUT2D eigenvalue weighted by atomic mass is 19.1. The number of pyridine rings is 2. The van der Waals surface area contributed by atoms with Crippen molar-refractivity contribution in [2.24, 2.45) is 0 Å². The summed E-state index contributed by atoms with van der Waals surface area (Å²) < 4.78 is 15.8. The molecule has 2 heterocycles. The van der Waals surface area contributed by atoms with Gasteiger partial charge in [-0.2, -0.15) is 0 Å². The molecular weight excluding hydrogens is 421 g/mol. The van der Waals surface area contributed by atoms with Gasteiger partial charge in [0.15, 0.2) is 5.78 Å². The second-order valence-corrected chi connectivity index (χ2v) is 7.77. The monoisotopic (exact) mass is 443 g/mol. The molecule has 6 nitrogen and oxygen atoms in total. The molecule has 33 heavy (non-hydrogen) atoms. The van der Waals surface area contributed by atoms with Gasteiger partial charge in [0, 0.05) is 36.1 Å². The molecule has 166 valence electrons. The average Bonchev–Trinajstić information content (AvgIpc) is 2.83. The van der Waals surface area contributed by atoms with Crippen LogP contribution < -0.4 is 10.7 Å². The molecule has 7 heteroatoms. The van der Waals surface area contributed by atoms with Crippen LogP contribution in [0.1, 0.15) is 27.0 Å². The van der Waals surface area contributed by atoms with Gasteiger partial charge in [-0.25, -0.2) is 4.39 Å². The molecule has 0 fully saturated rings. The molecule has 0 aliphatic heterocycles. The molecule has 0 bridgehead atoms. The van der Waals surface area contributed by atoms with Crippen LogP contribution >= 0.6 is 0 Å². The first-order chi connectivity index (χ1) is 15.9. The first kappa shape index (κ1) is 22.1. The van der Waals surface area contributed by atoms with Crippen LogP contribution in [0.25, 0.3) is 10.9 Å². The number of nitrogens with one attached hydrogen (secondary N) is 1. The predicted molar refractivity (Wildman–Crippen MR) is 124 cm³/mol. The standard InChI is InChI=1S/C26H22FN3O3/c1-17-13-20-23(14-22(17)27)30(16-24(31)29-12-7-18-5-3-2-4-6-18)15-21(26(20)33)25(32)19-8-10-28-11-9-19/h2-6,8-11,13-15H,7,12,16H2,1H3,(H,29,31). The Labute approximate surface area is 189 Å². The Morgan fingerprint density at radius 1 is 1.06 bits per heavy atom. The molecule has 0 unspecified atom stereocenters. The van der Waals surface area contributed by atoms with E-state index in [0.717, 1.165) is 5.56 Å².